The number of anilines is 1. The second-order valence-electron chi connectivity index (χ2n) is 5.92. The van der Waals surface area contributed by atoms with Crippen LogP contribution in [0.5, 0.6) is 23.0 Å². The quantitative estimate of drug-likeness (QED) is 0.633. The van der Waals surface area contributed by atoms with Crippen molar-refractivity contribution in [2.45, 2.75) is 17.9 Å². The van der Waals surface area contributed by atoms with Crippen molar-refractivity contribution in [2.24, 2.45) is 0 Å². The van der Waals surface area contributed by atoms with Gasteiger partial charge in [0.2, 0.25) is 15.9 Å². The van der Waals surface area contributed by atoms with Crippen LogP contribution in [0.4, 0.5) is 5.69 Å². The highest BCUT2D eigenvalue weighted by atomic mass is 32.2. The lowest BCUT2D eigenvalue weighted by atomic mass is 10.2. The second-order valence-corrected chi connectivity index (χ2v) is 7.63. The van der Waals surface area contributed by atoms with Crippen molar-refractivity contribution in [1.29, 1.82) is 0 Å². The van der Waals surface area contributed by atoms with E-state index in [1.54, 1.807) is 18.2 Å². The van der Waals surface area contributed by atoms with Gasteiger partial charge in [0.05, 0.1) is 45.1 Å². The van der Waals surface area contributed by atoms with E-state index in [2.05, 4.69) is 10.0 Å². The first-order valence-electron chi connectivity index (χ1n) is 8.53. The Kier molecular flexibility index (Phi) is 7.29. The molecule has 1 amide bonds. The smallest absolute Gasteiger partial charge is 0.242 e. The number of methoxy groups -OCH3 is 4. The maximum absolute atomic E-state index is 12.6. The van der Waals surface area contributed by atoms with Crippen LogP contribution in [0.2, 0.25) is 0 Å². The number of carbonyl (C=O) groups excluding carboxylic acids is 1. The van der Waals surface area contributed by atoms with Crippen LogP contribution in [-0.2, 0) is 14.8 Å². The lowest BCUT2D eigenvalue weighted by molar-refractivity contribution is -0.117. The molecule has 0 aromatic heterocycles. The van der Waals surface area contributed by atoms with E-state index >= 15 is 0 Å². The van der Waals surface area contributed by atoms with Crippen molar-refractivity contribution >= 4 is 21.6 Å². The number of hydrogen-bond acceptors (Lipinski definition) is 7. The molecule has 158 valence electrons. The molecule has 2 N–H and O–H groups in total. The summed E-state index contributed by atoms with van der Waals surface area (Å²) in [6.45, 7) is 1.43. The van der Waals surface area contributed by atoms with E-state index in [1.807, 2.05) is 0 Å². The van der Waals surface area contributed by atoms with Crippen molar-refractivity contribution in [3.8, 4) is 23.0 Å². The summed E-state index contributed by atoms with van der Waals surface area (Å²) < 4.78 is 48.2. The van der Waals surface area contributed by atoms with Gasteiger partial charge in [-0.15, -0.1) is 0 Å². The topological polar surface area (TPSA) is 112 Å². The van der Waals surface area contributed by atoms with Gasteiger partial charge in [0.15, 0.2) is 11.5 Å². The van der Waals surface area contributed by atoms with E-state index in [0.29, 0.717) is 22.9 Å². The van der Waals surface area contributed by atoms with Crippen LogP contribution in [0, 0.1) is 0 Å². The van der Waals surface area contributed by atoms with Crippen LogP contribution in [0.25, 0.3) is 0 Å². The van der Waals surface area contributed by atoms with E-state index in [-0.39, 0.29) is 10.6 Å². The SMILES string of the molecule is COc1ccc(NC(=O)C(C)NS(=O)(=O)c2ccc(OC)c(OC)c2)c(OC)c1. The number of nitrogens with one attached hydrogen (secondary N) is 2. The Bertz CT molecular complexity index is 977. The highest BCUT2D eigenvalue weighted by molar-refractivity contribution is 7.89. The molecular weight excluding hydrogens is 400 g/mol. The molecule has 0 saturated carbocycles. The molecule has 0 radical (unpaired) electrons. The van der Waals surface area contributed by atoms with Crippen molar-refractivity contribution in [3.05, 3.63) is 36.4 Å². The molecule has 9 nitrogen and oxygen atoms in total. The summed E-state index contributed by atoms with van der Waals surface area (Å²) in [5.74, 6) is 1.03. The van der Waals surface area contributed by atoms with Crippen molar-refractivity contribution in [3.63, 3.8) is 0 Å². The largest absolute Gasteiger partial charge is 0.497 e. The van der Waals surface area contributed by atoms with Gasteiger partial charge in [-0.1, -0.05) is 0 Å². The Morgan fingerprint density at radius 3 is 2.10 bits per heavy atom. The summed E-state index contributed by atoms with van der Waals surface area (Å²) in [5, 5.41) is 2.64. The molecule has 2 aromatic carbocycles. The zero-order chi connectivity index (χ0) is 21.6. The third-order valence-corrected chi connectivity index (χ3v) is 5.60. The van der Waals surface area contributed by atoms with E-state index in [1.165, 1.54) is 53.6 Å². The molecule has 2 aromatic rings. The predicted molar refractivity (Wildman–Crippen MR) is 108 cm³/mol. The van der Waals surface area contributed by atoms with Gasteiger partial charge in [0, 0.05) is 12.1 Å². The lowest BCUT2D eigenvalue weighted by Crippen LogP contribution is -2.41. The highest BCUT2D eigenvalue weighted by Gasteiger charge is 2.24. The van der Waals surface area contributed by atoms with Gasteiger partial charge in [0.1, 0.15) is 11.5 Å². The van der Waals surface area contributed by atoms with Crippen LogP contribution >= 0.6 is 0 Å². The zero-order valence-electron chi connectivity index (χ0n) is 16.8. The summed E-state index contributed by atoms with van der Waals surface area (Å²) in [5.41, 5.74) is 0.385. The third kappa shape index (κ3) is 5.30. The normalized spacial score (nSPS) is 12.0. The Morgan fingerprint density at radius 2 is 1.52 bits per heavy atom. The first-order valence-corrected chi connectivity index (χ1v) is 10.0. The predicted octanol–water partition coefficient (Wildman–Crippen LogP) is 2.03. The number of hydrogen-bond donors (Lipinski definition) is 2. The zero-order valence-corrected chi connectivity index (χ0v) is 17.6. The first kappa shape index (κ1) is 22.3. The maximum Gasteiger partial charge on any atom is 0.242 e. The molecule has 0 fully saturated rings. The average Bonchev–Trinajstić information content (AvgIpc) is 2.72. The summed E-state index contributed by atoms with van der Waals surface area (Å²) >= 11 is 0. The van der Waals surface area contributed by atoms with E-state index in [9.17, 15) is 13.2 Å². The van der Waals surface area contributed by atoms with Gasteiger partial charge in [-0.25, -0.2) is 8.42 Å². The summed E-state index contributed by atoms with van der Waals surface area (Å²) in [7, 11) is 1.84. The van der Waals surface area contributed by atoms with Crippen molar-refractivity contribution in [1.82, 2.24) is 4.72 Å². The monoisotopic (exact) mass is 424 g/mol. The fraction of sp³-hybridized carbons (Fsp3) is 0.316. The lowest BCUT2D eigenvalue weighted by Gasteiger charge is -2.17. The highest BCUT2D eigenvalue weighted by Crippen LogP contribution is 2.30. The number of benzene rings is 2. The van der Waals surface area contributed by atoms with Gasteiger partial charge in [-0.3, -0.25) is 4.79 Å². The molecule has 0 saturated heterocycles. The molecule has 2 rings (SSSR count). The van der Waals surface area contributed by atoms with Crippen LogP contribution in [0.3, 0.4) is 0 Å². The summed E-state index contributed by atoms with van der Waals surface area (Å²) in [6, 6.07) is 7.95. The fourth-order valence-corrected chi connectivity index (χ4v) is 3.70. The van der Waals surface area contributed by atoms with Gasteiger partial charge in [-0.2, -0.15) is 4.72 Å². The number of amides is 1. The van der Waals surface area contributed by atoms with Gasteiger partial charge in [0.25, 0.3) is 0 Å². The Hall–Kier alpha value is -2.98. The van der Waals surface area contributed by atoms with E-state index in [4.69, 9.17) is 18.9 Å². The van der Waals surface area contributed by atoms with Gasteiger partial charge >= 0.3 is 0 Å². The number of rotatable bonds is 9. The van der Waals surface area contributed by atoms with Crippen LogP contribution in [0.1, 0.15) is 6.92 Å². The molecular formula is C19H24N2O7S. The van der Waals surface area contributed by atoms with Crippen molar-refractivity contribution in [2.75, 3.05) is 33.8 Å². The second kappa shape index (κ2) is 9.48. The summed E-state index contributed by atoms with van der Waals surface area (Å²) in [6.07, 6.45) is 0. The minimum Gasteiger partial charge on any atom is -0.497 e. The molecule has 0 spiro atoms. The molecule has 0 aliphatic heterocycles. The van der Waals surface area contributed by atoms with Crippen LogP contribution in [-0.4, -0.2) is 48.8 Å². The fourth-order valence-electron chi connectivity index (χ4n) is 2.48. The molecule has 0 heterocycles. The Morgan fingerprint density at radius 1 is 0.862 bits per heavy atom. The Labute approximate surface area is 170 Å². The Balaban J connectivity index is 2.16. The molecule has 10 heteroatoms. The first-order chi connectivity index (χ1) is 13.7. The number of carbonyl (C=O) groups is 1. The number of ether oxygens (including phenoxy) is 4. The van der Waals surface area contributed by atoms with E-state index in [0.717, 1.165) is 0 Å². The van der Waals surface area contributed by atoms with E-state index < -0.39 is 22.0 Å². The number of sulfonamides is 1. The van der Waals surface area contributed by atoms with Crippen molar-refractivity contribution < 1.29 is 32.2 Å². The molecule has 0 bridgehead atoms. The molecule has 1 unspecified atom stereocenters. The van der Waals surface area contributed by atoms with Crippen LogP contribution < -0.4 is 29.0 Å². The van der Waals surface area contributed by atoms with Gasteiger partial charge in [-0.05, 0) is 31.2 Å². The standard InChI is InChI=1S/C19H24N2O7S/c1-12(19(22)20-15-8-6-13(25-2)10-17(15)27-4)21-29(23,24)14-7-9-16(26-3)18(11-14)28-5/h6-12,21H,1-5H3,(H,20,22). The molecule has 29 heavy (non-hydrogen) atoms. The van der Waals surface area contributed by atoms with Crippen LogP contribution in [0.15, 0.2) is 41.3 Å². The molecule has 0 aliphatic rings. The maximum atomic E-state index is 12.6. The third-order valence-electron chi connectivity index (χ3n) is 4.06. The minimum absolute atomic E-state index is 0.0585. The minimum atomic E-state index is -3.98. The molecule has 1 atom stereocenters. The molecule has 0 aliphatic carbocycles. The average molecular weight is 424 g/mol. The summed E-state index contributed by atoms with van der Waals surface area (Å²) in [4.78, 5) is 12.4. The van der Waals surface area contributed by atoms with Gasteiger partial charge < -0.3 is 24.3 Å².